The molecule has 2 aliphatic rings. The predicted molar refractivity (Wildman–Crippen MR) is 68.5 cm³/mol. The van der Waals surface area contributed by atoms with E-state index in [4.69, 9.17) is 4.74 Å². The third-order valence-electron chi connectivity index (χ3n) is 3.70. The van der Waals surface area contributed by atoms with E-state index in [1.165, 1.54) is 12.1 Å². The molecule has 1 aromatic carbocycles. The first-order valence-electron chi connectivity index (χ1n) is 6.62. The quantitative estimate of drug-likeness (QED) is 0.906. The zero-order valence-corrected chi connectivity index (χ0v) is 10.8. The number of alkyl halides is 3. The van der Waals surface area contributed by atoms with Crippen LogP contribution in [-0.4, -0.2) is 25.6 Å². The van der Waals surface area contributed by atoms with E-state index in [-0.39, 0.29) is 6.04 Å². The molecule has 0 aliphatic carbocycles. The first-order valence-corrected chi connectivity index (χ1v) is 6.62. The van der Waals surface area contributed by atoms with E-state index >= 15 is 0 Å². The highest BCUT2D eigenvalue weighted by Gasteiger charge is 2.32. The summed E-state index contributed by atoms with van der Waals surface area (Å²) in [6.07, 6.45) is -3.30. The molecule has 3 rings (SSSR count). The van der Waals surface area contributed by atoms with Crippen molar-refractivity contribution < 1.29 is 17.9 Å². The molecular weight excluding hydrogens is 269 g/mol. The Bertz CT molecular complexity index is 504. The maximum Gasteiger partial charge on any atom is 0.416 e. The minimum atomic E-state index is -4.30. The summed E-state index contributed by atoms with van der Waals surface area (Å²) >= 11 is 0. The van der Waals surface area contributed by atoms with Gasteiger partial charge in [0.05, 0.1) is 5.56 Å². The van der Waals surface area contributed by atoms with Gasteiger partial charge in [0.1, 0.15) is 12.6 Å². The van der Waals surface area contributed by atoms with Crippen LogP contribution in [-0.2, 0) is 10.9 Å². The van der Waals surface area contributed by atoms with Gasteiger partial charge in [-0.1, -0.05) is 12.1 Å². The van der Waals surface area contributed by atoms with Crippen molar-refractivity contribution in [1.29, 1.82) is 0 Å². The molecule has 0 radical (unpaired) electrons. The van der Waals surface area contributed by atoms with Gasteiger partial charge >= 0.3 is 6.18 Å². The van der Waals surface area contributed by atoms with Crippen LogP contribution in [0.1, 0.15) is 23.6 Å². The fraction of sp³-hybridized carbons (Fsp3) is 0.500. The number of benzene rings is 1. The summed E-state index contributed by atoms with van der Waals surface area (Å²) in [4.78, 5) is 4.51. The maximum atomic E-state index is 12.5. The number of nitrogens with zero attached hydrogens (tertiary/aromatic N) is 1. The van der Waals surface area contributed by atoms with E-state index < -0.39 is 11.7 Å². The molecule has 1 fully saturated rings. The van der Waals surface area contributed by atoms with Gasteiger partial charge in [0.15, 0.2) is 5.90 Å². The second-order valence-corrected chi connectivity index (χ2v) is 5.10. The molecule has 2 atom stereocenters. The van der Waals surface area contributed by atoms with Gasteiger partial charge in [-0.15, -0.1) is 0 Å². The lowest BCUT2D eigenvalue weighted by Crippen LogP contribution is -2.17. The Morgan fingerprint density at radius 3 is 2.55 bits per heavy atom. The SMILES string of the molecule is FC(F)(F)c1ccc(C2COC(C3CCNC3)=N2)cc1. The van der Waals surface area contributed by atoms with E-state index in [9.17, 15) is 13.2 Å². The second-order valence-electron chi connectivity index (χ2n) is 5.10. The van der Waals surface area contributed by atoms with Crippen LogP contribution in [0.2, 0.25) is 0 Å². The summed E-state index contributed by atoms with van der Waals surface area (Å²) in [7, 11) is 0. The van der Waals surface area contributed by atoms with Crippen LogP contribution in [0.3, 0.4) is 0 Å². The van der Waals surface area contributed by atoms with E-state index in [1.54, 1.807) is 0 Å². The number of hydrogen-bond donors (Lipinski definition) is 1. The summed E-state index contributed by atoms with van der Waals surface area (Å²) in [5, 5.41) is 3.24. The van der Waals surface area contributed by atoms with E-state index in [1.807, 2.05) is 0 Å². The van der Waals surface area contributed by atoms with Crippen molar-refractivity contribution in [2.45, 2.75) is 18.6 Å². The third-order valence-corrected chi connectivity index (χ3v) is 3.70. The van der Waals surface area contributed by atoms with Gasteiger partial charge in [-0.05, 0) is 30.7 Å². The molecule has 0 amide bonds. The fourth-order valence-electron chi connectivity index (χ4n) is 2.55. The fourth-order valence-corrected chi connectivity index (χ4v) is 2.55. The predicted octanol–water partition coefficient (Wildman–Crippen LogP) is 2.78. The largest absolute Gasteiger partial charge is 0.478 e. The van der Waals surface area contributed by atoms with Crippen molar-refractivity contribution in [3.8, 4) is 0 Å². The van der Waals surface area contributed by atoms with Crippen molar-refractivity contribution in [2.75, 3.05) is 19.7 Å². The van der Waals surface area contributed by atoms with Crippen LogP contribution in [0.15, 0.2) is 29.3 Å². The van der Waals surface area contributed by atoms with Gasteiger partial charge < -0.3 is 10.1 Å². The summed E-state index contributed by atoms with van der Waals surface area (Å²) < 4.78 is 43.1. The Hall–Kier alpha value is -1.56. The minimum Gasteiger partial charge on any atom is -0.478 e. The number of hydrogen-bond acceptors (Lipinski definition) is 3. The lowest BCUT2D eigenvalue weighted by Gasteiger charge is -2.09. The zero-order valence-electron chi connectivity index (χ0n) is 10.8. The number of halogens is 3. The highest BCUT2D eigenvalue weighted by atomic mass is 19.4. The Morgan fingerprint density at radius 2 is 1.95 bits per heavy atom. The first-order chi connectivity index (χ1) is 9.54. The summed E-state index contributed by atoms with van der Waals surface area (Å²) in [5.74, 6) is 1.04. The zero-order chi connectivity index (χ0) is 14.2. The van der Waals surface area contributed by atoms with Gasteiger partial charge in [-0.25, -0.2) is 4.99 Å². The molecule has 1 N–H and O–H groups in total. The van der Waals surface area contributed by atoms with Crippen LogP contribution < -0.4 is 5.32 Å². The number of rotatable bonds is 2. The Kier molecular flexibility index (Phi) is 3.41. The third kappa shape index (κ3) is 2.65. The minimum absolute atomic E-state index is 0.187. The smallest absolute Gasteiger partial charge is 0.416 e. The molecule has 108 valence electrons. The highest BCUT2D eigenvalue weighted by Crippen LogP contribution is 2.32. The summed E-state index contributed by atoms with van der Waals surface area (Å²) in [6, 6.07) is 4.97. The second kappa shape index (κ2) is 5.09. The lowest BCUT2D eigenvalue weighted by atomic mass is 10.1. The van der Waals surface area contributed by atoms with Gasteiger partial charge in [-0.2, -0.15) is 13.2 Å². The molecular formula is C14H15F3N2O. The number of ether oxygens (including phenoxy) is 1. The number of aliphatic imine (C=N–C) groups is 1. The molecule has 0 bridgehead atoms. The summed E-state index contributed by atoms with van der Waals surface area (Å²) in [5.41, 5.74) is 0.128. The molecule has 6 heteroatoms. The maximum absolute atomic E-state index is 12.5. The van der Waals surface area contributed by atoms with E-state index in [2.05, 4.69) is 10.3 Å². The molecule has 20 heavy (non-hydrogen) atoms. The molecule has 2 aliphatic heterocycles. The van der Waals surface area contributed by atoms with Gasteiger partial charge in [-0.3, -0.25) is 0 Å². The first kappa shape index (κ1) is 13.4. The topological polar surface area (TPSA) is 33.6 Å². The van der Waals surface area contributed by atoms with Crippen LogP contribution in [0.4, 0.5) is 13.2 Å². The van der Waals surface area contributed by atoms with Crippen molar-refractivity contribution in [3.05, 3.63) is 35.4 Å². The van der Waals surface area contributed by atoms with E-state index in [0.29, 0.717) is 12.5 Å². The van der Waals surface area contributed by atoms with Crippen molar-refractivity contribution in [3.63, 3.8) is 0 Å². The highest BCUT2D eigenvalue weighted by molar-refractivity contribution is 5.81. The average molecular weight is 284 g/mol. The van der Waals surface area contributed by atoms with Crippen molar-refractivity contribution >= 4 is 5.90 Å². The van der Waals surface area contributed by atoms with Crippen molar-refractivity contribution in [1.82, 2.24) is 5.32 Å². The molecule has 2 unspecified atom stereocenters. The molecule has 0 spiro atoms. The molecule has 2 heterocycles. The number of nitrogens with one attached hydrogen (secondary N) is 1. The Labute approximate surface area is 114 Å². The summed E-state index contributed by atoms with van der Waals surface area (Å²) in [6.45, 7) is 2.23. The standard InChI is InChI=1S/C14H15F3N2O/c15-14(16,17)11-3-1-9(2-4-11)12-8-20-13(19-12)10-5-6-18-7-10/h1-4,10,12,18H,5-8H2. The lowest BCUT2D eigenvalue weighted by molar-refractivity contribution is -0.137. The average Bonchev–Trinajstić information content (AvgIpc) is 3.09. The van der Waals surface area contributed by atoms with Crippen LogP contribution >= 0.6 is 0 Å². The molecule has 0 aromatic heterocycles. The normalized spacial score (nSPS) is 26.4. The Balaban J connectivity index is 1.74. The molecule has 0 saturated carbocycles. The monoisotopic (exact) mass is 284 g/mol. The van der Waals surface area contributed by atoms with Gasteiger partial charge in [0.2, 0.25) is 0 Å². The van der Waals surface area contributed by atoms with E-state index in [0.717, 1.165) is 43.1 Å². The Morgan fingerprint density at radius 1 is 1.20 bits per heavy atom. The van der Waals surface area contributed by atoms with Gasteiger partial charge in [0.25, 0.3) is 0 Å². The van der Waals surface area contributed by atoms with Gasteiger partial charge in [0, 0.05) is 12.5 Å². The van der Waals surface area contributed by atoms with Crippen LogP contribution in [0.5, 0.6) is 0 Å². The van der Waals surface area contributed by atoms with Crippen molar-refractivity contribution in [2.24, 2.45) is 10.9 Å². The molecule has 1 saturated heterocycles. The molecule has 3 nitrogen and oxygen atoms in total. The molecule has 1 aromatic rings. The van der Waals surface area contributed by atoms with Crippen LogP contribution in [0, 0.1) is 5.92 Å². The van der Waals surface area contributed by atoms with Crippen LogP contribution in [0.25, 0.3) is 0 Å².